The van der Waals surface area contributed by atoms with Crippen molar-refractivity contribution in [1.29, 1.82) is 0 Å². The Labute approximate surface area is 471 Å². The van der Waals surface area contributed by atoms with Crippen LogP contribution in [0.3, 0.4) is 0 Å². The number of aliphatic hydroxyl groups excluding tert-OH is 5. The number of aliphatic hydroxyl groups is 5. The number of amides is 1. The topological polar surface area (TPSA) is 175 Å². The van der Waals surface area contributed by atoms with Gasteiger partial charge in [0.15, 0.2) is 12.4 Å². The number of hydrogen-bond donors (Lipinski definition) is 6. The molecule has 11 nitrogen and oxygen atoms in total. The predicted octanol–water partition coefficient (Wildman–Crippen LogP) is 15.2. The molecule has 8 unspecified atom stereocenters. The molecule has 1 aliphatic rings. The Morgan fingerprint density at radius 2 is 0.896 bits per heavy atom. The Balaban J connectivity index is 2.69. The van der Waals surface area contributed by atoms with Crippen molar-refractivity contribution in [1.82, 2.24) is 5.32 Å². The van der Waals surface area contributed by atoms with E-state index in [1.807, 2.05) is 6.08 Å². The van der Waals surface area contributed by atoms with Gasteiger partial charge >= 0.3 is 5.97 Å². The third-order valence-corrected chi connectivity index (χ3v) is 14.6. The molecule has 1 fully saturated rings. The molecule has 8 atom stereocenters. The lowest BCUT2D eigenvalue weighted by Crippen LogP contribution is -2.61. The van der Waals surface area contributed by atoms with Gasteiger partial charge in [-0.3, -0.25) is 9.59 Å². The van der Waals surface area contributed by atoms with E-state index in [1.165, 1.54) is 122 Å². The molecule has 0 aliphatic carbocycles. The van der Waals surface area contributed by atoms with Crippen LogP contribution in [0.15, 0.2) is 72.9 Å². The molecule has 1 rings (SSSR count). The van der Waals surface area contributed by atoms with E-state index in [-0.39, 0.29) is 19.4 Å². The Morgan fingerprint density at radius 1 is 0.506 bits per heavy atom. The molecule has 1 amide bonds. The Morgan fingerprint density at radius 3 is 1.38 bits per heavy atom. The summed E-state index contributed by atoms with van der Waals surface area (Å²) < 4.78 is 17.6. The van der Waals surface area contributed by atoms with E-state index >= 15 is 0 Å². The molecule has 0 spiro atoms. The molecule has 0 aromatic carbocycles. The quantitative estimate of drug-likeness (QED) is 0.0195. The normalized spacial score (nSPS) is 19.5. The highest BCUT2D eigenvalue weighted by Gasteiger charge is 2.47. The maximum atomic E-state index is 13.4. The van der Waals surface area contributed by atoms with E-state index in [4.69, 9.17) is 14.2 Å². The monoisotopic (exact) mass is 1080 g/mol. The minimum atomic E-state index is -1.62. The largest absolute Gasteiger partial charge is 0.454 e. The molecule has 446 valence electrons. The summed E-state index contributed by atoms with van der Waals surface area (Å²) in [4.78, 5) is 26.5. The minimum absolute atomic E-state index is 0.100. The van der Waals surface area contributed by atoms with Crippen molar-refractivity contribution in [2.45, 2.75) is 320 Å². The second-order valence-electron chi connectivity index (χ2n) is 21.8. The number of carbonyl (C=O) groups excluding carboxylic acids is 2. The lowest BCUT2D eigenvalue weighted by Gasteiger charge is -2.41. The van der Waals surface area contributed by atoms with Gasteiger partial charge in [0.2, 0.25) is 5.91 Å². The van der Waals surface area contributed by atoms with Crippen LogP contribution < -0.4 is 5.32 Å². The molecular weight excluding hydrogens is 967 g/mol. The minimum Gasteiger partial charge on any atom is -0.454 e. The molecule has 1 saturated heterocycles. The van der Waals surface area contributed by atoms with Gasteiger partial charge in [0.25, 0.3) is 0 Å². The SMILES string of the molecule is CCCCC/C=C\C/C=C\C/C=C\C/C=C\CCCCCCCCC(O)C(=O)NC(COC1OC(CO)C(O)C(O)C1OC(=O)CCCCC/C=C\CCCCCCCC)C(O)/C=C/CCCCCCCCCCCCC. The average Bonchev–Trinajstić information content (AvgIpc) is 3.43. The highest BCUT2D eigenvalue weighted by atomic mass is 16.7. The molecule has 0 aromatic heterocycles. The molecule has 0 saturated carbocycles. The lowest BCUT2D eigenvalue weighted by atomic mass is 9.99. The van der Waals surface area contributed by atoms with Gasteiger partial charge in [-0.05, 0) is 96.3 Å². The number of unbranched alkanes of at least 4 members (excludes halogenated alkanes) is 29. The fourth-order valence-electron chi connectivity index (χ4n) is 9.51. The van der Waals surface area contributed by atoms with Crippen molar-refractivity contribution in [2.24, 2.45) is 0 Å². The van der Waals surface area contributed by atoms with Crippen molar-refractivity contribution < 1.29 is 49.3 Å². The number of ether oxygens (including phenoxy) is 3. The maximum Gasteiger partial charge on any atom is 0.306 e. The van der Waals surface area contributed by atoms with Crippen LogP contribution in [0.2, 0.25) is 0 Å². The molecule has 77 heavy (non-hydrogen) atoms. The third kappa shape index (κ3) is 41.7. The summed E-state index contributed by atoms with van der Waals surface area (Å²) in [5, 5.41) is 57.0. The van der Waals surface area contributed by atoms with Gasteiger partial charge in [-0.15, -0.1) is 0 Å². The molecule has 6 N–H and O–H groups in total. The van der Waals surface area contributed by atoms with Gasteiger partial charge in [-0.1, -0.05) is 241 Å². The Bertz CT molecular complexity index is 1530. The molecule has 1 aliphatic heterocycles. The molecule has 0 radical (unpaired) electrons. The second kappa shape index (κ2) is 53.7. The first-order valence-electron chi connectivity index (χ1n) is 31.7. The first-order valence-corrected chi connectivity index (χ1v) is 31.7. The highest BCUT2D eigenvalue weighted by Crippen LogP contribution is 2.26. The van der Waals surface area contributed by atoms with Crippen LogP contribution >= 0.6 is 0 Å². The second-order valence-corrected chi connectivity index (χ2v) is 21.8. The summed E-state index contributed by atoms with van der Waals surface area (Å²) in [5.41, 5.74) is 0. The number of carbonyl (C=O) groups is 2. The predicted molar refractivity (Wildman–Crippen MR) is 319 cm³/mol. The van der Waals surface area contributed by atoms with Crippen molar-refractivity contribution in [2.75, 3.05) is 13.2 Å². The number of allylic oxidation sites excluding steroid dienone is 11. The first kappa shape index (κ1) is 72.1. The zero-order chi connectivity index (χ0) is 56.1. The molecule has 11 heteroatoms. The fraction of sp³-hybridized carbons (Fsp3) is 0.788. The zero-order valence-electron chi connectivity index (χ0n) is 49.3. The van der Waals surface area contributed by atoms with E-state index < -0.39 is 67.4 Å². The highest BCUT2D eigenvalue weighted by molar-refractivity contribution is 5.80. The van der Waals surface area contributed by atoms with Crippen LogP contribution in [-0.2, 0) is 23.8 Å². The van der Waals surface area contributed by atoms with Gasteiger partial charge in [-0.2, -0.15) is 0 Å². The summed E-state index contributed by atoms with van der Waals surface area (Å²) in [7, 11) is 0. The number of hydrogen-bond acceptors (Lipinski definition) is 10. The maximum absolute atomic E-state index is 13.4. The van der Waals surface area contributed by atoms with Gasteiger partial charge in [-0.25, -0.2) is 0 Å². The van der Waals surface area contributed by atoms with E-state index in [9.17, 15) is 35.1 Å². The van der Waals surface area contributed by atoms with Crippen LogP contribution in [0, 0.1) is 0 Å². The standard InChI is InChI=1S/C66H117NO10/c1-4-7-10-13-16-19-22-25-26-27-28-29-30-31-32-33-36-38-41-44-47-50-53-59(70)65(74)67-57(58(69)52-49-46-43-40-37-34-23-20-17-14-11-8-5-2)56-75-66-64(63(73)62(72)60(55-68)76-66)77-61(71)54-51-48-45-42-39-35-24-21-18-15-12-9-6-3/h16,19,25-26,28-29,31-32,35,39,49,52,57-60,62-64,66,68-70,72-73H,4-15,17-18,20-24,27,30,33-34,36-38,40-48,50-51,53-56H2,1-3H3,(H,67,74)/b19-16-,26-25-,29-28-,32-31-,39-35-,52-49+. The molecule has 1 heterocycles. The van der Waals surface area contributed by atoms with Gasteiger partial charge < -0.3 is 45.1 Å². The van der Waals surface area contributed by atoms with E-state index in [0.717, 1.165) is 103 Å². The van der Waals surface area contributed by atoms with E-state index in [0.29, 0.717) is 12.8 Å². The first-order chi connectivity index (χ1) is 37.7. The molecule has 0 aromatic rings. The van der Waals surface area contributed by atoms with Crippen molar-refractivity contribution >= 4 is 11.9 Å². The summed E-state index contributed by atoms with van der Waals surface area (Å²) in [6, 6.07) is -1.04. The summed E-state index contributed by atoms with van der Waals surface area (Å²) in [6.45, 7) is 5.74. The van der Waals surface area contributed by atoms with Crippen LogP contribution in [0.5, 0.6) is 0 Å². The fourth-order valence-corrected chi connectivity index (χ4v) is 9.51. The van der Waals surface area contributed by atoms with Gasteiger partial charge in [0.1, 0.15) is 24.4 Å². The van der Waals surface area contributed by atoms with Crippen molar-refractivity contribution in [3.8, 4) is 0 Å². The van der Waals surface area contributed by atoms with E-state index in [2.05, 4.69) is 86.8 Å². The average molecular weight is 1080 g/mol. The van der Waals surface area contributed by atoms with Gasteiger partial charge in [0.05, 0.1) is 25.4 Å². The van der Waals surface area contributed by atoms with Crippen LogP contribution in [0.4, 0.5) is 0 Å². The Kier molecular flexibility index (Phi) is 50.3. The van der Waals surface area contributed by atoms with Gasteiger partial charge in [0, 0.05) is 6.42 Å². The van der Waals surface area contributed by atoms with Crippen LogP contribution in [0.1, 0.15) is 271 Å². The Hall–Kier alpha value is -2.90. The lowest BCUT2D eigenvalue weighted by molar-refractivity contribution is -0.305. The van der Waals surface area contributed by atoms with Crippen LogP contribution in [0.25, 0.3) is 0 Å². The smallest absolute Gasteiger partial charge is 0.306 e. The zero-order valence-corrected chi connectivity index (χ0v) is 49.3. The van der Waals surface area contributed by atoms with Crippen molar-refractivity contribution in [3.63, 3.8) is 0 Å². The van der Waals surface area contributed by atoms with Crippen LogP contribution in [-0.4, -0.2) is 99.6 Å². The summed E-state index contributed by atoms with van der Waals surface area (Å²) in [5.74, 6) is -1.22. The molecule has 0 bridgehead atoms. The number of rotatable bonds is 53. The molecular formula is C66H117NO10. The summed E-state index contributed by atoms with van der Waals surface area (Å²) >= 11 is 0. The number of esters is 1. The van der Waals surface area contributed by atoms with E-state index in [1.54, 1.807) is 6.08 Å². The third-order valence-electron chi connectivity index (χ3n) is 14.6. The van der Waals surface area contributed by atoms with Crippen molar-refractivity contribution in [3.05, 3.63) is 72.9 Å². The number of nitrogens with one attached hydrogen (secondary N) is 1. The summed E-state index contributed by atoms with van der Waals surface area (Å²) in [6.07, 6.45) is 57.9.